The van der Waals surface area contributed by atoms with E-state index in [1.165, 1.54) is 18.3 Å². The van der Waals surface area contributed by atoms with Crippen molar-refractivity contribution in [1.29, 1.82) is 0 Å². The van der Waals surface area contributed by atoms with E-state index >= 15 is 0 Å². The summed E-state index contributed by atoms with van der Waals surface area (Å²) >= 11 is 0. The Bertz CT molecular complexity index is 2140. The van der Waals surface area contributed by atoms with Crippen molar-refractivity contribution in [3.63, 3.8) is 0 Å². The van der Waals surface area contributed by atoms with Crippen LogP contribution in [-0.4, -0.2) is 76.2 Å². The molecule has 0 amide bonds. The average Bonchev–Trinajstić information content (AvgIpc) is 3.11. The van der Waals surface area contributed by atoms with Crippen LogP contribution >= 0.6 is 0 Å². The molecule has 0 aromatic carbocycles. The van der Waals surface area contributed by atoms with Crippen LogP contribution in [-0.2, 0) is 49.6 Å². The predicted molar refractivity (Wildman–Crippen MR) is 214 cm³/mol. The van der Waals surface area contributed by atoms with Gasteiger partial charge in [-0.1, -0.05) is 27.7 Å². The summed E-state index contributed by atoms with van der Waals surface area (Å²) in [7, 11) is 3.21. The normalized spacial score (nSPS) is 10.9. The molecule has 0 saturated heterocycles. The molecule has 0 fully saturated rings. The third kappa shape index (κ3) is 13.4. The van der Waals surface area contributed by atoms with Gasteiger partial charge in [0.1, 0.15) is 22.8 Å². The molecule has 0 unspecified atom stereocenters. The zero-order valence-corrected chi connectivity index (χ0v) is 35.5. The maximum absolute atomic E-state index is 13.2. The number of hydrogen-bond donors (Lipinski definition) is 1. The fraction of sp³-hybridized carbons (Fsp3) is 0.615. The fourth-order valence-corrected chi connectivity index (χ4v) is 6.04. The summed E-state index contributed by atoms with van der Waals surface area (Å²) in [5.74, 6) is 2.09. The van der Waals surface area contributed by atoms with Crippen LogP contribution in [0.2, 0.25) is 0 Å². The van der Waals surface area contributed by atoms with Crippen LogP contribution in [0, 0.1) is 11.8 Å². The summed E-state index contributed by atoms with van der Waals surface area (Å²) in [6, 6.07) is 0. The molecule has 4 heterocycles. The molecule has 0 saturated carbocycles. The predicted octanol–water partition coefficient (Wildman–Crippen LogP) is -0.110. The fourth-order valence-electron chi connectivity index (χ4n) is 6.04. The standard InChI is InChI=1S/C20H29N3O5.C19H29N3O4.Li.2H2O/c1-13(2)7-8-15-16(28-14(3)4)11-21-18-17(15)19(25)23(20(26)22(18)5)9-6-10-27-12-24;1-12(2)7-8-14-15(26-13(3)4)11-20-17-16(14)18(24)22(9-6-10-23)19(25)21(17)5;;;/h11-14H,6-10H2,1-5H3;11-13,23H,6-10H2,1-5H3;;2*1H2/q;;+1;;/p-1. The molecule has 4 aromatic rings. The number of hydrogen-bond acceptors (Lipinski definition) is 12. The molecule has 0 aliphatic carbocycles. The van der Waals surface area contributed by atoms with E-state index in [1.54, 1.807) is 26.5 Å². The van der Waals surface area contributed by atoms with Gasteiger partial charge in [0.15, 0.2) is 0 Å². The van der Waals surface area contributed by atoms with Crippen molar-refractivity contribution in [1.82, 2.24) is 28.2 Å². The molecule has 0 bridgehead atoms. The summed E-state index contributed by atoms with van der Waals surface area (Å²) < 4.78 is 21.6. The third-order valence-corrected chi connectivity index (χ3v) is 8.76. The Morgan fingerprint density at radius 1 is 0.702 bits per heavy atom. The largest absolute Gasteiger partial charge is 1.00 e. The van der Waals surface area contributed by atoms with Gasteiger partial charge in [-0.05, 0) is 78.1 Å². The molecule has 4 N–H and O–H groups in total. The van der Waals surface area contributed by atoms with E-state index in [-0.39, 0.29) is 79.4 Å². The van der Waals surface area contributed by atoms with Gasteiger partial charge in [-0.3, -0.25) is 32.7 Å². The van der Waals surface area contributed by atoms with Gasteiger partial charge in [0.25, 0.3) is 17.6 Å². The van der Waals surface area contributed by atoms with Gasteiger partial charge in [0.2, 0.25) is 0 Å². The number of carbonyl (C=O) groups excluding carboxylic acids is 1. The van der Waals surface area contributed by atoms with Crippen LogP contribution < -0.4 is 50.8 Å². The van der Waals surface area contributed by atoms with Crippen LogP contribution in [0.25, 0.3) is 22.1 Å². The molecule has 4 aromatic heterocycles. The quantitative estimate of drug-likeness (QED) is 0.0789. The van der Waals surface area contributed by atoms with Gasteiger partial charge in [-0.2, -0.15) is 0 Å². The molecule has 0 aliphatic heterocycles. The maximum Gasteiger partial charge on any atom is 1.00 e. The van der Waals surface area contributed by atoms with Gasteiger partial charge in [0, 0.05) is 44.9 Å². The third-order valence-electron chi connectivity index (χ3n) is 8.76. The van der Waals surface area contributed by atoms with Crippen molar-refractivity contribution in [3.05, 3.63) is 65.2 Å². The average molecular weight is 797 g/mol. The smallest absolute Gasteiger partial charge is 0.870 e. The first-order chi connectivity index (χ1) is 25.5. The summed E-state index contributed by atoms with van der Waals surface area (Å²) in [6.45, 7) is 16.9. The Hall–Kier alpha value is -4.27. The van der Waals surface area contributed by atoms with Crippen molar-refractivity contribution in [2.45, 2.75) is 119 Å². The second-order valence-corrected chi connectivity index (χ2v) is 14.8. The number of nitrogens with zero attached hydrogens (tertiary/aromatic N) is 6. The van der Waals surface area contributed by atoms with E-state index in [0.717, 1.165) is 24.0 Å². The molecule has 0 spiro atoms. The number of aliphatic hydroxyl groups excluding tert-OH is 1. The van der Waals surface area contributed by atoms with E-state index in [0.29, 0.717) is 77.6 Å². The summed E-state index contributed by atoms with van der Waals surface area (Å²) in [5, 5.41) is 9.93. The van der Waals surface area contributed by atoms with Crippen LogP contribution in [0.4, 0.5) is 0 Å². The Morgan fingerprint density at radius 3 is 1.42 bits per heavy atom. The Labute approximate surface area is 344 Å². The minimum Gasteiger partial charge on any atom is -0.870 e. The van der Waals surface area contributed by atoms with Crippen LogP contribution in [0.5, 0.6) is 11.5 Å². The number of ether oxygens (including phenoxy) is 3. The molecule has 0 atom stereocenters. The molecule has 57 heavy (non-hydrogen) atoms. The summed E-state index contributed by atoms with van der Waals surface area (Å²) in [5.41, 5.74) is 0.697. The minimum atomic E-state index is -0.441. The zero-order valence-electron chi connectivity index (χ0n) is 35.5. The molecule has 314 valence electrons. The van der Waals surface area contributed by atoms with Gasteiger partial charge in [-0.15, -0.1) is 0 Å². The topological polar surface area (TPSA) is 240 Å². The number of rotatable bonds is 18. The van der Waals surface area contributed by atoms with E-state index in [1.807, 2.05) is 27.7 Å². The van der Waals surface area contributed by atoms with Crippen molar-refractivity contribution in [2.24, 2.45) is 25.9 Å². The maximum atomic E-state index is 13.2. The molecule has 17 nitrogen and oxygen atoms in total. The Balaban J connectivity index is 0.00000105. The molecule has 4 rings (SSSR count). The molecule has 0 radical (unpaired) electrons. The SMILES string of the molecule is CC(C)CCc1c(OC(C)C)cnc2c1c(=O)n(CCCO)c(=O)n2C.CC(C)CCc1c(OC(C)C)cnc2c1c(=O)n(CCCOC=O)c(=O)n2C.O.[Li+].[OH-]. The van der Waals surface area contributed by atoms with Crippen molar-refractivity contribution in [2.75, 3.05) is 13.2 Å². The number of carbonyl (C=O) groups is 1. The monoisotopic (exact) mass is 796 g/mol. The number of aliphatic hydroxyl groups is 1. The van der Waals surface area contributed by atoms with Crippen LogP contribution in [0.1, 0.15) is 92.2 Å². The number of aromatic nitrogens is 6. The van der Waals surface area contributed by atoms with Gasteiger partial charge >= 0.3 is 30.2 Å². The molecular formula is C39H61LiN6O11. The Morgan fingerprint density at radius 2 is 1.09 bits per heavy atom. The summed E-state index contributed by atoms with van der Waals surface area (Å²) in [4.78, 5) is 70.5. The minimum absolute atomic E-state index is 0. The van der Waals surface area contributed by atoms with E-state index < -0.39 is 11.4 Å². The number of fused-ring (bicyclic) bond motifs is 2. The number of aryl methyl sites for hydroxylation is 4. The van der Waals surface area contributed by atoms with Crippen molar-refractivity contribution < 1.29 is 53.9 Å². The van der Waals surface area contributed by atoms with Gasteiger partial charge < -0.3 is 30.3 Å². The summed E-state index contributed by atoms with van der Waals surface area (Å²) in [6.07, 6.45) is 6.91. The Kier molecular flexibility index (Phi) is 22.7. The number of pyridine rings is 2. The zero-order chi connectivity index (χ0) is 40.3. The first-order valence-corrected chi connectivity index (χ1v) is 18.8. The first-order valence-electron chi connectivity index (χ1n) is 18.8. The second kappa shape index (κ2) is 24.5. The van der Waals surface area contributed by atoms with Gasteiger partial charge in [-0.25, -0.2) is 19.6 Å². The van der Waals surface area contributed by atoms with E-state index in [2.05, 4.69) is 42.4 Å². The van der Waals surface area contributed by atoms with Gasteiger partial charge in [0.05, 0.1) is 42.0 Å². The van der Waals surface area contributed by atoms with Crippen molar-refractivity contribution in [3.8, 4) is 11.5 Å². The van der Waals surface area contributed by atoms with Crippen LogP contribution in [0.3, 0.4) is 0 Å². The van der Waals surface area contributed by atoms with Crippen molar-refractivity contribution >= 4 is 28.5 Å². The second-order valence-electron chi connectivity index (χ2n) is 14.8. The molecular weight excluding hydrogens is 735 g/mol. The van der Waals surface area contributed by atoms with E-state index in [9.17, 15) is 24.0 Å². The molecule has 18 heteroatoms. The van der Waals surface area contributed by atoms with E-state index in [4.69, 9.17) is 14.6 Å². The molecule has 0 aliphatic rings. The van der Waals surface area contributed by atoms with Crippen LogP contribution in [0.15, 0.2) is 31.6 Å². The first kappa shape index (κ1) is 52.7.